The molecule has 0 bridgehead atoms. The van der Waals surface area contributed by atoms with Gasteiger partial charge in [0.05, 0.1) is 11.9 Å². The van der Waals surface area contributed by atoms with Crippen molar-refractivity contribution in [3.05, 3.63) is 46.2 Å². The maximum absolute atomic E-state index is 12.2. The standard InChI is InChI=1S/C12H14BrN3O2S/c1-8(10-4-3-5-11(13)6-10)16-19(17,18)12-7-14-15-9(12)2/h3-8,16H,1-2H3,(H,14,15). The van der Waals surface area contributed by atoms with Gasteiger partial charge in [-0.1, -0.05) is 28.1 Å². The SMILES string of the molecule is Cc1[nH]ncc1S(=O)(=O)NC(C)c1cccc(Br)c1. The van der Waals surface area contributed by atoms with Crippen molar-refractivity contribution in [3.8, 4) is 0 Å². The van der Waals surface area contributed by atoms with E-state index in [2.05, 4.69) is 30.8 Å². The van der Waals surface area contributed by atoms with Crippen LogP contribution >= 0.6 is 15.9 Å². The number of H-pyrrole nitrogens is 1. The Bertz CT molecular complexity index is 682. The average Bonchev–Trinajstić information content (AvgIpc) is 2.75. The van der Waals surface area contributed by atoms with Crippen molar-refractivity contribution in [1.29, 1.82) is 0 Å². The number of rotatable bonds is 4. The zero-order chi connectivity index (χ0) is 14.0. The minimum Gasteiger partial charge on any atom is -0.281 e. The smallest absolute Gasteiger partial charge is 0.244 e. The average molecular weight is 344 g/mol. The first-order chi connectivity index (χ1) is 8.90. The number of nitrogens with one attached hydrogen (secondary N) is 2. The molecule has 0 radical (unpaired) electrons. The van der Waals surface area contributed by atoms with E-state index in [4.69, 9.17) is 0 Å². The van der Waals surface area contributed by atoms with Crippen molar-refractivity contribution < 1.29 is 8.42 Å². The predicted octanol–water partition coefficient (Wildman–Crippen LogP) is 2.52. The molecule has 0 saturated carbocycles. The molecule has 2 rings (SSSR count). The topological polar surface area (TPSA) is 74.8 Å². The molecule has 5 nitrogen and oxygen atoms in total. The lowest BCUT2D eigenvalue weighted by molar-refractivity contribution is 0.566. The highest BCUT2D eigenvalue weighted by atomic mass is 79.9. The zero-order valence-corrected chi connectivity index (χ0v) is 12.9. The molecule has 0 fully saturated rings. The number of aryl methyl sites for hydroxylation is 1. The summed E-state index contributed by atoms with van der Waals surface area (Å²) in [7, 11) is -3.57. The number of halogens is 1. The van der Waals surface area contributed by atoms with Crippen molar-refractivity contribution in [2.75, 3.05) is 0 Å². The van der Waals surface area contributed by atoms with Crippen molar-refractivity contribution in [1.82, 2.24) is 14.9 Å². The number of sulfonamides is 1. The molecule has 1 aromatic heterocycles. The molecule has 7 heteroatoms. The van der Waals surface area contributed by atoms with Crippen LogP contribution in [0.2, 0.25) is 0 Å². The molecule has 1 unspecified atom stereocenters. The number of hydrogen-bond donors (Lipinski definition) is 2. The van der Waals surface area contributed by atoms with Gasteiger partial charge < -0.3 is 0 Å². The van der Waals surface area contributed by atoms with E-state index in [1.165, 1.54) is 6.20 Å². The Kier molecular flexibility index (Phi) is 4.07. The fourth-order valence-corrected chi connectivity index (χ4v) is 3.54. The molecule has 2 N–H and O–H groups in total. The monoisotopic (exact) mass is 343 g/mol. The molecule has 0 aliphatic carbocycles. The summed E-state index contributed by atoms with van der Waals surface area (Å²) in [6.45, 7) is 3.47. The van der Waals surface area contributed by atoms with Gasteiger partial charge in [-0.2, -0.15) is 5.10 Å². The first-order valence-corrected chi connectivity index (χ1v) is 7.95. The van der Waals surface area contributed by atoms with Crippen LogP contribution in [0.5, 0.6) is 0 Å². The van der Waals surface area contributed by atoms with E-state index < -0.39 is 10.0 Å². The van der Waals surface area contributed by atoms with Gasteiger partial charge in [0.25, 0.3) is 0 Å². The lowest BCUT2D eigenvalue weighted by atomic mass is 10.1. The number of hydrogen-bond acceptors (Lipinski definition) is 3. The summed E-state index contributed by atoms with van der Waals surface area (Å²) in [6, 6.07) is 7.20. The van der Waals surface area contributed by atoms with Crippen LogP contribution in [0, 0.1) is 6.92 Å². The second-order valence-corrected chi connectivity index (χ2v) is 6.86. The maximum atomic E-state index is 12.2. The molecular formula is C12H14BrN3O2S. The second-order valence-electron chi connectivity index (χ2n) is 4.26. The van der Waals surface area contributed by atoms with Crippen molar-refractivity contribution in [2.45, 2.75) is 24.8 Å². The normalized spacial score (nSPS) is 13.4. The molecular weight excluding hydrogens is 330 g/mol. The van der Waals surface area contributed by atoms with Crippen LogP contribution in [0.3, 0.4) is 0 Å². The summed E-state index contributed by atoms with van der Waals surface area (Å²) < 4.78 is 27.9. The van der Waals surface area contributed by atoms with Gasteiger partial charge in [0, 0.05) is 10.5 Å². The van der Waals surface area contributed by atoms with Crippen LogP contribution in [-0.4, -0.2) is 18.6 Å². The Morgan fingerprint density at radius 3 is 2.74 bits per heavy atom. The van der Waals surface area contributed by atoms with Crippen molar-refractivity contribution in [2.24, 2.45) is 0 Å². The molecule has 102 valence electrons. The van der Waals surface area contributed by atoms with Crippen LogP contribution in [0.25, 0.3) is 0 Å². The lowest BCUT2D eigenvalue weighted by Crippen LogP contribution is -2.27. The first kappa shape index (κ1) is 14.2. The fraction of sp³-hybridized carbons (Fsp3) is 0.250. The van der Waals surface area contributed by atoms with E-state index in [0.29, 0.717) is 5.69 Å². The maximum Gasteiger partial charge on any atom is 0.244 e. The van der Waals surface area contributed by atoms with Gasteiger partial charge in [-0.05, 0) is 31.5 Å². The van der Waals surface area contributed by atoms with Gasteiger partial charge in [0.15, 0.2) is 0 Å². The Morgan fingerprint density at radius 2 is 2.16 bits per heavy atom. The highest BCUT2D eigenvalue weighted by molar-refractivity contribution is 9.10. The highest BCUT2D eigenvalue weighted by Gasteiger charge is 2.21. The summed E-state index contributed by atoms with van der Waals surface area (Å²) in [5.74, 6) is 0. The molecule has 2 aromatic rings. The summed E-state index contributed by atoms with van der Waals surface area (Å²) >= 11 is 3.37. The van der Waals surface area contributed by atoms with Gasteiger partial charge in [0.1, 0.15) is 4.90 Å². The fourth-order valence-electron chi connectivity index (χ4n) is 1.75. The number of benzene rings is 1. The second kappa shape index (κ2) is 5.44. The largest absolute Gasteiger partial charge is 0.281 e. The Balaban J connectivity index is 2.24. The molecule has 0 aliphatic heterocycles. The number of aromatic amines is 1. The minimum absolute atomic E-state index is 0.175. The van der Waals surface area contributed by atoms with Crippen LogP contribution in [0.15, 0.2) is 39.8 Å². The molecule has 0 aliphatic rings. The molecule has 19 heavy (non-hydrogen) atoms. The van der Waals surface area contributed by atoms with E-state index in [-0.39, 0.29) is 10.9 Å². The van der Waals surface area contributed by atoms with Crippen LogP contribution in [0.4, 0.5) is 0 Å². The molecule has 1 aromatic carbocycles. The minimum atomic E-state index is -3.57. The molecule has 1 heterocycles. The predicted molar refractivity (Wildman–Crippen MR) is 76.2 cm³/mol. The third-order valence-electron chi connectivity index (χ3n) is 2.75. The van der Waals surface area contributed by atoms with Gasteiger partial charge in [0.2, 0.25) is 10.0 Å². The summed E-state index contributed by atoms with van der Waals surface area (Å²) in [4.78, 5) is 0.175. The van der Waals surface area contributed by atoms with E-state index in [9.17, 15) is 8.42 Å². The summed E-state index contributed by atoms with van der Waals surface area (Å²) in [5.41, 5.74) is 1.41. The van der Waals surface area contributed by atoms with Gasteiger partial charge in [-0.15, -0.1) is 0 Å². The van der Waals surface area contributed by atoms with Gasteiger partial charge >= 0.3 is 0 Å². The zero-order valence-electron chi connectivity index (χ0n) is 10.5. The lowest BCUT2D eigenvalue weighted by Gasteiger charge is -2.14. The van der Waals surface area contributed by atoms with Crippen LogP contribution < -0.4 is 4.72 Å². The first-order valence-electron chi connectivity index (χ1n) is 5.68. The quantitative estimate of drug-likeness (QED) is 0.895. The van der Waals surface area contributed by atoms with Crippen LogP contribution in [0.1, 0.15) is 24.2 Å². The van der Waals surface area contributed by atoms with Gasteiger partial charge in [-0.3, -0.25) is 5.10 Å². The third-order valence-corrected chi connectivity index (χ3v) is 4.90. The highest BCUT2D eigenvalue weighted by Crippen LogP contribution is 2.20. The van der Waals surface area contributed by atoms with E-state index in [1.807, 2.05) is 24.3 Å². The number of nitrogens with zero attached hydrogens (tertiary/aromatic N) is 1. The Hall–Kier alpha value is -1.18. The van der Waals surface area contributed by atoms with E-state index >= 15 is 0 Å². The van der Waals surface area contributed by atoms with E-state index in [1.54, 1.807) is 13.8 Å². The molecule has 0 saturated heterocycles. The number of aromatic nitrogens is 2. The third kappa shape index (κ3) is 3.23. The van der Waals surface area contributed by atoms with Gasteiger partial charge in [-0.25, -0.2) is 13.1 Å². The van der Waals surface area contributed by atoms with Crippen molar-refractivity contribution in [3.63, 3.8) is 0 Å². The summed E-state index contributed by atoms with van der Waals surface area (Å²) in [5, 5.41) is 6.35. The molecule has 0 spiro atoms. The Morgan fingerprint density at radius 1 is 1.42 bits per heavy atom. The molecule has 1 atom stereocenters. The Labute approximate surface area is 120 Å². The summed E-state index contributed by atoms with van der Waals surface area (Å²) in [6.07, 6.45) is 1.31. The van der Waals surface area contributed by atoms with Crippen LogP contribution in [-0.2, 0) is 10.0 Å². The van der Waals surface area contributed by atoms with Crippen molar-refractivity contribution >= 4 is 26.0 Å². The molecule has 0 amide bonds. The van der Waals surface area contributed by atoms with E-state index in [0.717, 1.165) is 10.0 Å².